The summed E-state index contributed by atoms with van der Waals surface area (Å²) < 4.78 is 14.9. The van der Waals surface area contributed by atoms with Crippen LogP contribution in [-0.2, 0) is 12.8 Å². The van der Waals surface area contributed by atoms with Gasteiger partial charge in [-0.1, -0.05) is 26.1 Å². The first-order valence-corrected chi connectivity index (χ1v) is 10.3. The maximum Gasteiger partial charge on any atom is 0.128 e. The van der Waals surface area contributed by atoms with Gasteiger partial charge in [0.15, 0.2) is 0 Å². The van der Waals surface area contributed by atoms with E-state index in [0.29, 0.717) is 29.2 Å². The van der Waals surface area contributed by atoms with Crippen LogP contribution in [0.25, 0.3) is 16.6 Å². The Morgan fingerprint density at radius 1 is 1.06 bits per heavy atom. The second kappa shape index (κ2) is 8.93. The SMILES string of the molecule is C=C(Nc1cn[nH]c1)Nc1ccc(Cc2ccnc3cc(CC)c(C(=C)N)cc23)c(F)c1. The number of nitrogens with one attached hydrogen (secondary N) is 3. The highest BCUT2D eigenvalue weighted by Crippen LogP contribution is 2.27. The number of rotatable bonds is 8. The molecule has 0 aliphatic carbocycles. The molecule has 0 saturated carbocycles. The largest absolute Gasteiger partial charge is 0.399 e. The van der Waals surface area contributed by atoms with Gasteiger partial charge in [0.25, 0.3) is 0 Å². The van der Waals surface area contributed by atoms with E-state index in [2.05, 4.69) is 45.9 Å². The fraction of sp³-hybridized carbons (Fsp3) is 0.120. The zero-order chi connectivity index (χ0) is 22.7. The average molecular weight is 429 g/mol. The first-order chi connectivity index (χ1) is 15.4. The summed E-state index contributed by atoms with van der Waals surface area (Å²) in [4.78, 5) is 4.49. The maximum atomic E-state index is 14.9. The Labute approximate surface area is 186 Å². The van der Waals surface area contributed by atoms with Gasteiger partial charge >= 0.3 is 0 Å². The minimum Gasteiger partial charge on any atom is -0.399 e. The lowest BCUT2D eigenvalue weighted by molar-refractivity contribution is 0.614. The van der Waals surface area contributed by atoms with Crippen LogP contribution in [0.3, 0.4) is 0 Å². The molecule has 4 aromatic rings. The van der Waals surface area contributed by atoms with Crippen molar-refractivity contribution in [2.24, 2.45) is 5.73 Å². The van der Waals surface area contributed by atoms with E-state index in [-0.39, 0.29) is 5.82 Å². The minimum absolute atomic E-state index is 0.301. The normalized spacial score (nSPS) is 10.8. The molecule has 6 nitrogen and oxygen atoms in total. The maximum absolute atomic E-state index is 14.9. The van der Waals surface area contributed by atoms with Gasteiger partial charge in [-0.25, -0.2) is 4.39 Å². The number of nitrogens with zero attached hydrogens (tertiary/aromatic N) is 2. The highest BCUT2D eigenvalue weighted by molar-refractivity contribution is 5.87. The van der Waals surface area contributed by atoms with E-state index < -0.39 is 0 Å². The van der Waals surface area contributed by atoms with Gasteiger partial charge in [-0.2, -0.15) is 5.10 Å². The lowest BCUT2D eigenvalue weighted by Gasteiger charge is -2.14. The van der Waals surface area contributed by atoms with Gasteiger partial charge in [0.2, 0.25) is 0 Å². The molecule has 32 heavy (non-hydrogen) atoms. The van der Waals surface area contributed by atoms with Gasteiger partial charge in [-0.05, 0) is 53.4 Å². The monoisotopic (exact) mass is 428 g/mol. The Kier molecular flexibility index (Phi) is 5.89. The number of anilines is 2. The number of fused-ring (bicyclic) bond motifs is 1. The molecule has 0 amide bonds. The summed E-state index contributed by atoms with van der Waals surface area (Å²) in [6, 6.07) is 11.0. The van der Waals surface area contributed by atoms with Crippen LogP contribution in [0.15, 0.2) is 74.0 Å². The quantitative estimate of drug-likeness (QED) is 0.311. The summed E-state index contributed by atoms with van der Waals surface area (Å²) >= 11 is 0. The minimum atomic E-state index is -0.301. The summed E-state index contributed by atoms with van der Waals surface area (Å²) in [5, 5.41) is 13.6. The van der Waals surface area contributed by atoms with Crippen molar-refractivity contribution in [2.45, 2.75) is 19.8 Å². The molecule has 0 aliphatic heterocycles. The number of hydrogen-bond acceptors (Lipinski definition) is 5. The van der Waals surface area contributed by atoms with Crippen LogP contribution in [0.4, 0.5) is 15.8 Å². The third kappa shape index (κ3) is 4.46. The number of aryl methyl sites for hydroxylation is 1. The number of nitrogens with two attached hydrogens (primary N) is 1. The molecule has 0 spiro atoms. The zero-order valence-electron chi connectivity index (χ0n) is 17.9. The average Bonchev–Trinajstić information content (AvgIpc) is 3.27. The summed E-state index contributed by atoms with van der Waals surface area (Å²) in [6.07, 6.45) is 6.35. The van der Waals surface area contributed by atoms with Gasteiger partial charge in [0.05, 0.1) is 17.4 Å². The van der Waals surface area contributed by atoms with Crippen molar-refractivity contribution in [2.75, 3.05) is 10.6 Å². The predicted octanol–water partition coefficient (Wildman–Crippen LogP) is 5.17. The van der Waals surface area contributed by atoms with Gasteiger partial charge in [0.1, 0.15) is 11.6 Å². The fourth-order valence-corrected chi connectivity index (χ4v) is 3.71. The topological polar surface area (TPSA) is 91.6 Å². The third-order valence-corrected chi connectivity index (χ3v) is 5.31. The highest BCUT2D eigenvalue weighted by atomic mass is 19.1. The molecule has 7 heteroatoms. The Morgan fingerprint density at radius 2 is 1.88 bits per heavy atom. The molecular formula is C25H25FN6. The Bertz CT molecular complexity index is 1290. The standard InChI is InChI=1S/C25H25FN6/c1-4-17-10-25-23(12-22(17)15(2)27)18(7-8-28-25)9-19-5-6-20(11-24(19)26)31-16(3)32-21-13-29-30-14-21/h5-8,10-14,31-32H,2-4,9,27H2,1H3,(H,29,30). The fourth-order valence-electron chi connectivity index (χ4n) is 3.71. The van der Waals surface area contributed by atoms with Crippen molar-refractivity contribution >= 4 is 28.0 Å². The van der Waals surface area contributed by atoms with E-state index in [1.165, 1.54) is 6.07 Å². The first-order valence-electron chi connectivity index (χ1n) is 10.3. The van der Waals surface area contributed by atoms with Crippen molar-refractivity contribution in [1.82, 2.24) is 15.2 Å². The van der Waals surface area contributed by atoms with E-state index in [9.17, 15) is 4.39 Å². The smallest absolute Gasteiger partial charge is 0.128 e. The third-order valence-electron chi connectivity index (χ3n) is 5.31. The number of aromatic amines is 1. The van der Waals surface area contributed by atoms with Crippen molar-refractivity contribution in [3.63, 3.8) is 0 Å². The van der Waals surface area contributed by atoms with Gasteiger partial charge in [0, 0.05) is 41.1 Å². The molecule has 0 saturated heterocycles. The van der Waals surface area contributed by atoms with E-state index in [4.69, 9.17) is 5.73 Å². The summed E-state index contributed by atoms with van der Waals surface area (Å²) in [7, 11) is 0. The van der Waals surface area contributed by atoms with Gasteiger partial charge in [-0.15, -0.1) is 0 Å². The molecule has 0 unspecified atom stereocenters. The molecule has 0 atom stereocenters. The summed E-state index contributed by atoms with van der Waals surface area (Å²) in [6.45, 7) is 9.87. The molecule has 5 N–H and O–H groups in total. The molecule has 2 aromatic heterocycles. The number of halogens is 1. The van der Waals surface area contributed by atoms with Crippen LogP contribution in [0.2, 0.25) is 0 Å². The zero-order valence-corrected chi connectivity index (χ0v) is 17.9. The lowest BCUT2D eigenvalue weighted by Crippen LogP contribution is -2.08. The molecule has 162 valence electrons. The summed E-state index contributed by atoms with van der Waals surface area (Å²) in [5.41, 5.74) is 12.3. The van der Waals surface area contributed by atoms with Crippen LogP contribution >= 0.6 is 0 Å². The second-order valence-corrected chi connectivity index (χ2v) is 7.57. The Balaban J connectivity index is 1.58. The molecule has 0 fully saturated rings. The second-order valence-electron chi connectivity index (χ2n) is 7.57. The lowest BCUT2D eigenvalue weighted by atomic mass is 9.95. The Hall–Kier alpha value is -4.13. The van der Waals surface area contributed by atoms with Gasteiger partial charge < -0.3 is 16.4 Å². The molecule has 0 aliphatic rings. The number of H-pyrrole nitrogens is 1. The molecular weight excluding hydrogens is 403 g/mol. The highest BCUT2D eigenvalue weighted by Gasteiger charge is 2.12. The van der Waals surface area contributed by atoms with Crippen LogP contribution in [0.1, 0.15) is 29.2 Å². The van der Waals surface area contributed by atoms with Crippen molar-refractivity contribution in [3.8, 4) is 0 Å². The van der Waals surface area contributed by atoms with Crippen LogP contribution < -0.4 is 16.4 Å². The number of benzene rings is 2. The van der Waals surface area contributed by atoms with Gasteiger partial charge in [-0.3, -0.25) is 10.1 Å². The number of pyridine rings is 1. The predicted molar refractivity (Wildman–Crippen MR) is 129 cm³/mol. The van der Waals surface area contributed by atoms with Crippen LogP contribution in [0, 0.1) is 5.82 Å². The van der Waals surface area contributed by atoms with Crippen LogP contribution in [-0.4, -0.2) is 15.2 Å². The van der Waals surface area contributed by atoms with Crippen molar-refractivity contribution in [1.29, 1.82) is 0 Å². The van der Waals surface area contributed by atoms with Crippen molar-refractivity contribution < 1.29 is 4.39 Å². The molecule has 2 heterocycles. The van der Waals surface area contributed by atoms with E-state index in [1.807, 2.05) is 24.3 Å². The number of hydrogen-bond donors (Lipinski definition) is 4. The number of aromatic nitrogens is 3. The van der Waals surface area contributed by atoms with Crippen LogP contribution in [0.5, 0.6) is 0 Å². The molecule has 0 radical (unpaired) electrons. The van der Waals surface area contributed by atoms with E-state index in [1.54, 1.807) is 24.7 Å². The molecule has 2 aromatic carbocycles. The summed E-state index contributed by atoms with van der Waals surface area (Å²) in [5.74, 6) is 0.213. The van der Waals surface area contributed by atoms with E-state index >= 15 is 0 Å². The first kappa shape index (κ1) is 21.1. The van der Waals surface area contributed by atoms with Crippen molar-refractivity contribution in [3.05, 3.63) is 102 Å². The molecule has 4 rings (SSSR count). The van der Waals surface area contributed by atoms with E-state index in [0.717, 1.165) is 39.7 Å². The Morgan fingerprint density at radius 3 is 2.56 bits per heavy atom. The molecule has 0 bridgehead atoms.